The van der Waals surface area contributed by atoms with Crippen LogP contribution in [0.25, 0.3) is 110 Å². The average molecular weight is 676 g/mol. The minimum atomic E-state index is 0.635. The van der Waals surface area contributed by atoms with E-state index in [1.807, 2.05) is 60.7 Å². The Balaban J connectivity index is 1.20. The molecule has 9 aromatic carbocycles. The first kappa shape index (κ1) is 29.5. The second kappa shape index (κ2) is 11.7. The standard InChI is InChI=1S/C49H29N3O/c1-3-14-33(15-4-1)47-50-48(34-16-5-2-6-17-34)52-49(51-47)39-21-11-18-32-22-24-35(28-41(32)39)42-29-36-25-23-30-12-7-9-19-37(30)43(36)46-44(42)40-27-26-31-13-8-10-20-38(31)45(40)53-46/h1-29H. The smallest absolute Gasteiger partial charge is 0.164 e. The van der Waals surface area contributed by atoms with Gasteiger partial charge in [-0.3, -0.25) is 0 Å². The molecule has 0 amide bonds. The molecule has 2 aromatic heterocycles. The monoisotopic (exact) mass is 675 g/mol. The Morgan fingerprint density at radius 2 is 0.868 bits per heavy atom. The molecule has 0 N–H and O–H groups in total. The lowest BCUT2D eigenvalue weighted by Gasteiger charge is -2.13. The molecule has 246 valence electrons. The van der Waals surface area contributed by atoms with E-state index < -0.39 is 0 Å². The molecule has 0 fully saturated rings. The fourth-order valence-electron chi connectivity index (χ4n) is 7.95. The van der Waals surface area contributed by atoms with Gasteiger partial charge in [0.05, 0.1) is 0 Å². The van der Waals surface area contributed by atoms with Crippen molar-refractivity contribution < 1.29 is 4.42 Å². The number of hydrogen-bond donors (Lipinski definition) is 0. The molecule has 4 nitrogen and oxygen atoms in total. The molecular weight excluding hydrogens is 647 g/mol. The van der Waals surface area contributed by atoms with Crippen LogP contribution < -0.4 is 0 Å². The lowest BCUT2D eigenvalue weighted by molar-refractivity contribution is 0.677. The quantitative estimate of drug-likeness (QED) is 0.174. The van der Waals surface area contributed by atoms with E-state index >= 15 is 0 Å². The van der Waals surface area contributed by atoms with Crippen LogP contribution in [0.4, 0.5) is 0 Å². The van der Waals surface area contributed by atoms with Crippen molar-refractivity contribution in [3.8, 4) is 45.3 Å². The first-order valence-corrected chi connectivity index (χ1v) is 17.9. The molecule has 0 aliphatic heterocycles. The molecule has 0 aliphatic carbocycles. The second-order valence-corrected chi connectivity index (χ2v) is 13.6. The first-order valence-electron chi connectivity index (χ1n) is 17.9. The molecule has 11 rings (SSSR count). The zero-order valence-corrected chi connectivity index (χ0v) is 28.5. The van der Waals surface area contributed by atoms with Crippen molar-refractivity contribution in [1.82, 2.24) is 15.0 Å². The Labute approximate surface area is 304 Å². The number of nitrogens with zero attached hydrogens (tertiary/aromatic N) is 3. The maximum Gasteiger partial charge on any atom is 0.164 e. The van der Waals surface area contributed by atoms with Crippen molar-refractivity contribution >= 4 is 65.0 Å². The van der Waals surface area contributed by atoms with E-state index in [4.69, 9.17) is 19.4 Å². The number of furan rings is 1. The zero-order valence-electron chi connectivity index (χ0n) is 28.5. The minimum absolute atomic E-state index is 0.635. The van der Waals surface area contributed by atoms with Crippen LogP contribution in [0.3, 0.4) is 0 Å². The zero-order chi connectivity index (χ0) is 34.9. The van der Waals surface area contributed by atoms with E-state index in [1.165, 1.54) is 10.8 Å². The van der Waals surface area contributed by atoms with E-state index in [0.717, 1.165) is 82.1 Å². The van der Waals surface area contributed by atoms with E-state index in [2.05, 4.69) is 115 Å². The summed E-state index contributed by atoms with van der Waals surface area (Å²) >= 11 is 0. The van der Waals surface area contributed by atoms with Crippen molar-refractivity contribution in [2.24, 2.45) is 0 Å². The van der Waals surface area contributed by atoms with E-state index in [0.29, 0.717) is 17.5 Å². The third kappa shape index (κ3) is 4.73. The van der Waals surface area contributed by atoms with E-state index in [9.17, 15) is 0 Å². The number of hydrogen-bond acceptors (Lipinski definition) is 4. The SMILES string of the molecule is c1ccc(-c2nc(-c3ccccc3)nc(-c3cccc4ccc(-c5cc6ccc7ccccc7c6c6oc7c8ccccc8ccc7c56)cc34)n2)cc1. The summed E-state index contributed by atoms with van der Waals surface area (Å²) in [6, 6.07) is 61.6. The summed E-state index contributed by atoms with van der Waals surface area (Å²) in [6.07, 6.45) is 0. The van der Waals surface area contributed by atoms with Gasteiger partial charge >= 0.3 is 0 Å². The third-order valence-electron chi connectivity index (χ3n) is 10.5. The van der Waals surface area contributed by atoms with Crippen LogP contribution in [0.5, 0.6) is 0 Å². The van der Waals surface area contributed by atoms with Gasteiger partial charge in [0.1, 0.15) is 11.2 Å². The van der Waals surface area contributed by atoms with Crippen molar-refractivity contribution in [2.45, 2.75) is 0 Å². The minimum Gasteiger partial charge on any atom is -0.455 e. The second-order valence-electron chi connectivity index (χ2n) is 13.6. The van der Waals surface area contributed by atoms with Gasteiger partial charge in [-0.2, -0.15) is 0 Å². The summed E-state index contributed by atoms with van der Waals surface area (Å²) in [4.78, 5) is 15.1. The van der Waals surface area contributed by atoms with Gasteiger partial charge in [-0.05, 0) is 61.6 Å². The van der Waals surface area contributed by atoms with Gasteiger partial charge < -0.3 is 4.42 Å². The van der Waals surface area contributed by atoms with Crippen LogP contribution in [0.2, 0.25) is 0 Å². The highest BCUT2D eigenvalue weighted by atomic mass is 16.3. The van der Waals surface area contributed by atoms with Crippen LogP contribution >= 0.6 is 0 Å². The van der Waals surface area contributed by atoms with Gasteiger partial charge in [0.2, 0.25) is 0 Å². The lowest BCUT2D eigenvalue weighted by atomic mass is 9.91. The van der Waals surface area contributed by atoms with Gasteiger partial charge in [-0.15, -0.1) is 0 Å². The fourth-order valence-corrected chi connectivity index (χ4v) is 7.95. The van der Waals surface area contributed by atoms with Gasteiger partial charge in [-0.25, -0.2) is 15.0 Å². The maximum atomic E-state index is 7.01. The molecule has 2 heterocycles. The Hall–Kier alpha value is -7.17. The first-order chi connectivity index (χ1) is 26.3. The molecular formula is C49H29N3O. The van der Waals surface area contributed by atoms with Gasteiger partial charge in [0.15, 0.2) is 17.5 Å². The van der Waals surface area contributed by atoms with Crippen LogP contribution in [0, 0.1) is 0 Å². The Kier molecular flexibility index (Phi) is 6.52. The number of rotatable bonds is 4. The normalized spacial score (nSPS) is 11.8. The molecule has 0 radical (unpaired) electrons. The topological polar surface area (TPSA) is 51.8 Å². The maximum absolute atomic E-state index is 7.01. The molecule has 0 saturated heterocycles. The third-order valence-corrected chi connectivity index (χ3v) is 10.5. The summed E-state index contributed by atoms with van der Waals surface area (Å²) < 4.78 is 7.01. The van der Waals surface area contributed by atoms with Crippen molar-refractivity contribution in [3.05, 3.63) is 176 Å². The average Bonchev–Trinajstić information content (AvgIpc) is 3.64. The van der Waals surface area contributed by atoms with Gasteiger partial charge in [0.25, 0.3) is 0 Å². The van der Waals surface area contributed by atoms with E-state index in [-0.39, 0.29) is 0 Å². The van der Waals surface area contributed by atoms with Gasteiger partial charge in [-0.1, -0.05) is 158 Å². The fraction of sp³-hybridized carbons (Fsp3) is 0. The van der Waals surface area contributed by atoms with Gasteiger partial charge in [0, 0.05) is 38.2 Å². The summed E-state index contributed by atoms with van der Waals surface area (Å²) in [6.45, 7) is 0. The molecule has 0 atom stereocenters. The number of fused-ring (bicyclic) bond motifs is 10. The molecule has 4 heteroatoms. The van der Waals surface area contributed by atoms with Crippen LogP contribution in [0.15, 0.2) is 180 Å². The number of benzene rings is 9. The van der Waals surface area contributed by atoms with Crippen LogP contribution in [0.1, 0.15) is 0 Å². The Morgan fingerprint density at radius 3 is 1.62 bits per heavy atom. The summed E-state index contributed by atoms with van der Waals surface area (Å²) in [5, 5.41) is 11.3. The predicted molar refractivity (Wildman–Crippen MR) is 219 cm³/mol. The molecule has 53 heavy (non-hydrogen) atoms. The number of aromatic nitrogens is 3. The Bertz CT molecular complexity index is 3160. The lowest BCUT2D eigenvalue weighted by Crippen LogP contribution is -2.00. The van der Waals surface area contributed by atoms with Crippen molar-refractivity contribution in [2.75, 3.05) is 0 Å². The van der Waals surface area contributed by atoms with Crippen LogP contribution in [-0.4, -0.2) is 15.0 Å². The molecule has 0 spiro atoms. The predicted octanol–water partition coefficient (Wildman–Crippen LogP) is 13.1. The summed E-state index contributed by atoms with van der Waals surface area (Å²) in [5.74, 6) is 1.92. The largest absolute Gasteiger partial charge is 0.455 e. The highest BCUT2D eigenvalue weighted by Gasteiger charge is 2.21. The van der Waals surface area contributed by atoms with Crippen LogP contribution in [-0.2, 0) is 0 Å². The molecule has 0 bridgehead atoms. The Morgan fingerprint density at radius 1 is 0.302 bits per heavy atom. The summed E-state index contributed by atoms with van der Waals surface area (Å²) in [5.41, 5.74) is 6.88. The highest BCUT2D eigenvalue weighted by molar-refractivity contribution is 6.29. The molecule has 0 saturated carbocycles. The van der Waals surface area contributed by atoms with E-state index in [1.54, 1.807) is 0 Å². The molecule has 0 unspecified atom stereocenters. The molecule has 11 aromatic rings. The van der Waals surface area contributed by atoms with Crippen molar-refractivity contribution in [3.63, 3.8) is 0 Å². The summed E-state index contributed by atoms with van der Waals surface area (Å²) in [7, 11) is 0. The highest BCUT2D eigenvalue weighted by Crippen LogP contribution is 2.45. The molecule has 0 aliphatic rings. The van der Waals surface area contributed by atoms with Crippen molar-refractivity contribution in [1.29, 1.82) is 0 Å².